The minimum Gasteiger partial charge on any atom is -0.379 e. The van der Waals surface area contributed by atoms with E-state index in [-0.39, 0.29) is 41.4 Å². The zero-order chi connectivity index (χ0) is 26.8. The van der Waals surface area contributed by atoms with E-state index in [0.717, 1.165) is 19.3 Å². The molecule has 1 aromatic heterocycles. The number of fused-ring (bicyclic) bond motifs is 1. The van der Waals surface area contributed by atoms with Crippen molar-refractivity contribution in [3.63, 3.8) is 0 Å². The van der Waals surface area contributed by atoms with Crippen molar-refractivity contribution < 1.29 is 28.8 Å². The summed E-state index contributed by atoms with van der Waals surface area (Å²) < 4.78 is 22.5. The number of rotatable bonds is 14. The Morgan fingerprint density at radius 1 is 1.16 bits per heavy atom. The lowest BCUT2D eigenvalue weighted by Crippen LogP contribution is -2.26. The smallest absolute Gasteiger partial charge is 0.277 e. The number of halogens is 2. The van der Waals surface area contributed by atoms with Crippen molar-refractivity contribution in [2.24, 2.45) is 7.05 Å². The van der Waals surface area contributed by atoms with E-state index in [1.54, 1.807) is 29.2 Å². The molecule has 2 amide bonds. The van der Waals surface area contributed by atoms with Gasteiger partial charge in [-0.25, -0.2) is 20.3 Å². The molecular formula is C24H28BClFN5O5. The number of anilines is 2. The normalized spacial score (nSPS) is 11.0. The zero-order valence-corrected chi connectivity index (χ0v) is 21.1. The predicted octanol–water partition coefficient (Wildman–Crippen LogP) is 3.04. The third-order valence-corrected chi connectivity index (χ3v) is 5.83. The van der Waals surface area contributed by atoms with E-state index < -0.39 is 17.6 Å². The molecule has 0 unspecified atom stereocenters. The quantitative estimate of drug-likeness (QED) is 0.109. The third-order valence-electron chi connectivity index (χ3n) is 5.52. The van der Waals surface area contributed by atoms with Gasteiger partial charge < -0.3 is 14.6 Å². The average Bonchev–Trinajstić information content (AvgIpc) is 3.25. The van der Waals surface area contributed by atoms with Crippen molar-refractivity contribution >= 4 is 59.1 Å². The number of hydroxylamine groups is 2. The summed E-state index contributed by atoms with van der Waals surface area (Å²) in [4.78, 5) is 33.2. The number of hydrogen-bond acceptors (Lipinski definition) is 7. The summed E-state index contributed by atoms with van der Waals surface area (Å²) >= 11 is 6.24. The molecule has 2 radical (unpaired) electrons. The summed E-state index contributed by atoms with van der Waals surface area (Å²) in [6, 6.07) is 6.21. The van der Waals surface area contributed by atoms with E-state index in [4.69, 9.17) is 34.2 Å². The number of benzene rings is 2. The van der Waals surface area contributed by atoms with Gasteiger partial charge in [-0.1, -0.05) is 36.0 Å². The molecule has 0 aliphatic rings. The number of imidazole rings is 1. The van der Waals surface area contributed by atoms with E-state index in [2.05, 4.69) is 15.8 Å². The molecule has 10 nitrogen and oxygen atoms in total. The van der Waals surface area contributed by atoms with Crippen molar-refractivity contribution in [3.8, 4) is 0 Å². The topological polar surface area (TPSA) is 127 Å². The SMILES string of the molecule is [B]c1ccc(Nc2c(C(=O)NOCCOCCCCCCC(=O)NO)cc3c(ncn3C)c2F)c(Cl)c1. The van der Waals surface area contributed by atoms with Crippen LogP contribution < -0.4 is 21.7 Å². The van der Waals surface area contributed by atoms with E-state index in [1.807, 2.05) is 0 Å². The van der Waals surface area contributed by atoms with Crippen molar-refractivity contribution in [2.75, 3.05) is 25.1 Å². The molecule has 0 aliphatic carbocycles. The second-order valence-corrected chi connectivity index (χ2v) is 8.70. The summed E-state index contributed by atoms with van der Waals surface area (Å²) in [6.07, 6.45) is 4.96. The van der Waals surface area contributed by atoms with Crippen LogP contribution in [0.15, 0.2) is 30.6 Å². The highest BCUT2D eigenvalue weighted by Gasteiger charge is 2.22. The third kappa shape index (κ3) is 7.90. The Balaban J connectivity index is 1.54. The molecule has 3 rings (SSSR count). The van der Waals surface area contributed by atoms with E-state index in [0.29, 0.717) is 29.7 Å². The summed E-state index contributed by atoms with van der Waals surface area (Å²) in [6.45, 7) is 0.835. The van der Waals surface area contributed by atoms with Crippen LogP contribution in [-0.4, -0.2) is 54.2 Å². The molecule has 0 saturated heterocycles. The fraction of sp³-hybridized carbons (Fsp3) is 0.375. The Hall–Kier alpha value is -3.19. The number of carbonyl (C=O) groups excluding carboxylic acids is 2. The molecule has 1 heterocycles. The summed E-state index contributed by atoms with van der Waals surface area (Å²) in [5.41, 5.74) is 5.15. The van der Waals surface area contributed by atoms with Crippen molar-refractivity contribution in [1.82, 2.24) is 20.5 Å². The number of hydrogen-bond donors (Lipinski definition) is 4. The fourth-order valence-electron chi connectivity index (χ4n) is 3.57. The number of aromatic nitrogens is 2. The highest BCUT2D eigenvalue weighted by Crippen LogP contribution is 2.32. The van der Waals surface area contributed by atoms with Crippen molar-refractivity contribution in [2.45, 2.75) is 32.1 Å². The first-order valence-corrected chi connectivity index (χ1v) is 12.1. The largest absolute Gasteiger partial charge is 0.379 e. The number of ether oxygens (including phenoxy) is 1. The molecule has 0 spiro atoms. The van der Waals surface area contributed by atoms with Gasteiger partial charge in [-0.3, -0.25) is 19.6 Å². The Morgan fingerprint density at radius 3 is 2.70 bits per heavy atom. The minimum absolute atomic E-state index is 0.00251. The van der Waals surface area contributed by atoms with Gasteiger partial charge in [0.15, 0.2) is 5.82 Å². The Labute approximate surface area is 219 Å². The molecule has 4 N–H and O–H groups in total. The summed E-state index contributed by atoms with van der Waals surface area (Å²) in [7, 11) is 7.43. The van der Waals surface area contributed by atoms with Gasteiger partial charge in [-0.2, -0.15) is 0 Å². The number of amides is 2. The number of nitrogens with one attached hydrogen (secondary N) is 3. The average molecular weight is 532 g/mol. The Morgan fingerprint density at radius 2 is 1.95 bits per heavy atom. The first-order valence-electron chi connectivity index (χ1n) is 11.7. The van der Waals surface area contributed by atoms with Gasteiger partial charge in [-0.15, -0.1) is 0 Å². The molecule has 0 atom stereocenters. The van der Waals surface area contributed by atoms with Gasteiger partial charge in [-0.05, 0) is 31.0 Å². The number of carbonyl (C=O) groups is 2. The second kappa shape index (κ2) is 13.9. The van der Waals surface area contributed by atoms with Gasteiger partial charge in [0.25, 0.3) is 5.91 Å². The maximum Gasteiger partial charge on any atom is 0.277 e. The van der Waals surface area contributed by atoms with E-state index >= 15 is 4.39 Å². The van der Waals surface area contributed by atoms with Crippen LogP contribution in [0.4, 0.5) is 15.8 Å². The van der Waals surface area contributed by atoms with Crippen LogP contribution in [0.3, 0.4) is 0 Å². The molecule has 13 heteroatoms. The zero-order valence-electron chi connectivity index (χ0n) is 20.4. The van der Waals surface area contributed by atoms with Gasteiger partial charge >= 0.3 is 0 Å². The van der Waals surface area contributed by atoms with Gasteiger partial charge in [0.2, 0.25) is 5.91 Å². The highest BCUT2D eigenvalue weighted by molar-refractivity contribution is 6.37. The summed E-state index contributed by atoms with van der Waals surface area (Å²) in [5.74, 6) is -1.77. The predicted molar refractivity (Wildman–Crippen MR) is 138 cm³/mol. The number of nitrogens with zero attached hydrogens (tertiary/aromatic N) is 2. The maximum atomic E-state index is 15.4. The molecule has 0 bridgehead atoms. The molecule has 2 aromatic carbocycles. The second-order valence-electron chi connectivity index (χ2n) is 8.29. The van der Waals surface area contributed by atoms with E-state index in [9.17, 15) is 9.59 Å². The molecule has 37 heavy (non-hydrogen) atoms. The Bertz CT molecular complexity index is 1240. The lowest BCUT2D eigenvalue weighted by molar-refractivity contribution is -0.129. The van der Waals surface area contributed by atoms with Gasteiger partial charge in [0, 0.05) is 20.1 Å². The first-order chi connectivity index (χ1) is 17.8. The molecular weight excluding hydrogens is 504 g/mol. The molecule has 0 aliphatic heterocycles. The lowest BCUT2D eigenvalue weighted by atomic mass is 9.96. The van der Waals surface area contributed by atoms with Crippen LogP contribution >= 0.6 is 11.6 Å². The lowest BCUT2D eigenvalue weighted by Gasteiger charge is -2.15. The molecule has 0 fully saturated rings. The van der Waals surface area contributed by atoms with Crippen LogP contribution in [-0.2, 0) is 21.4 Å². The number of aryl methyl sites for hydroxylation is 1. The molecule has 0 saturated carbocycles. The first kappa shape index (κ1) is 28.4. The van der Waals surface area contributed by atoms with Crippen LogP contribution in [0.25, 0.3) is 11.0 Å². The van der Waals surface area contributed by atoms with E-state index in [1.165, 1.54) is 18.5 Å². The van der Waals surface area contributed by atoms with Crippen LogP contribution in [0.2, 0.25) is 5.02 Å². The van der Waals surface area contributed by atoms with Crippen LogP contribution in [0.1, 0.15) is 42.5 Å². The molecule has 196 valence electrons. The van der Waals surface area contributed by atoms with Crippen LogP contribution in [0, 0.1) is 5.82 Å². The van der Waals surface area contributed by atoms with Crippen molar-refractivity contribution in [3.05, 3.63) is 47.0 Å². The molecule has 3 aromatic rings. The maximum absolute atomic E-state index is 15.4. The number of unbranched alkanes of at least 4 members (excludes halogenated alkanes) is 3. The standard InChI is InChI=1S/C24H28BClFN5O5/c1-32-14-28-23-19(32)13-16(22(21(23)27)29-18-8-7-15(25)12-17(18)26)24(34)31-37-11-10-36-9-5-3-2-4-6-20(33)30-35/h7-8,12-14,29,35H,2-6,9-11H2,1H3,(H,30,33)(H,31,34). The van der Waals surface area contributed by atoms with Gasteiger partial charge in [0.05, 0.1) is 47.0 Å². The fourth-order valence-corrected chi connectivity index (χ4v) is 3.80. The van der Waals surface area contributed by atoms with Crippen molar-refractivity contribution in [1.29, 1.82) is 0 Å². The summed E-state index contributed by atoms with van der Waals surface area (Å²) in [5, 5.41) is 11.6. The highest BCUT2D eigenvalue weighted by atomic mass is 35.5. The van der Waals surface area contributed by atoms with Gasteiger partial charge in [0.1, 0.15) is 13.4 Å². The minimum atomic E-state index is -0.712. The Kier molecular flexibility index (Phi) is 10.7. The monoisotopic (exact) mass is 531 g/mol. The van der Waals surface area contributed by atoms with Crippen LogP contribution in [0.5, 0.6) is 0 Å².